The third-order valence-corrected chi connectivity index (χ3v) is 6.62. The van der Waals surface area contributed by atoms with Crippen molar-refractivity contribution in [3.05, 3.63) is 35.4 Å². The van der Waals surface area contributed by atoms with Crippen LogP contribution in [0.2, 0.25) is 0 Å². The Balaban J connectivity index is 1.58. The minimum atomic E-state index is -2.88. The van der Waals surface area contributed by atoms with Gasteiger partial charge >= 0.3 is 0 Å². The number of rotatable bonds is 3. The van der Waals surface area contributed by atoms with E-state index in [9.17, 15) is 18.0 Å². The maximum atomic E-state index is 12.5. The van der Waals surface area contributed by atoms with E-state index >= 15 is 0 Å². The highest BCUT2D eigenvalue weighted by atomic mass is 32.2. The van der Waals surface area contributed by atoms with Gasteiger partial charge < -0.3 is 4.90 Å². The summed E-state index contributed by atoms with van der Waals surface area (Å²) < 4.78 is 23.2. The molecule has 1 aromatic carbocycles. The minimum Gasteiger partial charge on any atom is -0.336 e. The first-order valence-corrected chi connectivity index (χ1v) is 10.0. The van der Waals surface area contributed by atoms with Crippen LogP contribution in [0.15, 0.2) is 24.3 Å². The number of nitrogens with zero attached hydrogens (tertiary/aromatic N) is 2. The average Bonchev–Trinajstić information content (AvgIpc) is 2.94. The highest BCUT2D eigenvalue weighted by molar-refractivity contribution is 7.91. The molecule has 2 saturated heterocycles. The Labute approximate surface area is 142 Å². The van der Waals surface area contributed by atoms with E-state index in [0.717, 1.165) is 0 Å². The van der Waals surface area contributed by atoms with Crippen molar-refractivity contribution >= 4 is 21.5 Å². The molecule has 1 atom stereocenters. The van der Waals surface area contributed by atoms with E-state index < -0.39 is 9.84 Å². The third kappa shape index (κ3) is 3.67. The predicted molar refractivity (Wildman–Crippen MR) is 91.0 cm³/mol. The molecule has 2 heterocycles. The number of benzene rings is 1. The fourth-order valence-electron chi connectivity index (χ4n) is 3.38. The first kappa shape index (κ1) is 17.1. The number of carbonyl (C=O) groups excluding carboxylic acids is 2. The Morgan fingerprint density at radius 3 is 2.08 bits per heavy atom. The highest BCUT2D eigenvalue weighted by Gasteiger charge is 2.34. The lowest BCUT2D eigenvalue weighted by atomic mass is 10.1. The molecule has 1 aromatic rings. The molecule has 0 aliphatic carbocycles. The minimum absolute atomic E-state index is 0.0193. The van der Waals surface area contributed by atoms with Gasteiger partial charge in [-0.05, 0) is 25.5 Å². The zero-order valence-corrected chi connectivity index (χ0v) is 14.6. The number of piperazine rings is 1. The number of Topliss-reactive ketones (excluding diaryl/α,β-unsaturated/α-hetero) is 1. The van der Waals surface area contributed by atoms with Crippen LogP contribution in [0, 0.1) is 0 Å². The number of amides is 1. The molecule has 2 fully saturated rings. The Morgan fingerprint density at radius 1 is 1.00 bits per heavy atom. The van der Waals surface area contributed by atoms with Crippen LogP contribution in [-0.4, -0.2) is 73.6 Å². The molecule has 1 amide bonds. The van der Waals surface area contributed by atoms with Gasteiger partial charge in [-0.15, -0.1) is 0 Å². The quantitative estimate of drug-likeness (QED) is 0.755. The van der Waals surface area contributed by atoms with E-state index in [1.54, 1.807) is 29.2 Å². The van der Waals surface area contributed by atoms with Gasteiger partial charge in [0, 0.05) is 43.3 Å². The van der Waals surface area contributed by atoms with Crippen LogP contribution in [0.25, 0.3) is 0 Å². The van der Waals surface area contributed by atoms with Gasteiger partial charge in [-0.1, -0.05) is 12.1 Å². The number of hydrogen-bond acceptors (Lipinski definition) is 5. The van der Waals surface area contributed by atoms with E-state index in [-0.39, 0.29) is 29.2 Å². The van der Waals surface area contributed by atoms with Crippen LogP contribution in [0.5, 0.6) is 0 Å². The van der Waals surface area contributed by atoms with Crippen LogP contribution in [0.3, 0.4) is 0 Å². The van der Waals surface area contributed by atoms with Crippen molar-refractivity contribution in [2.75, 3.05) is 37.7 Å². The van der Waals surface area contributed by atoms with Crippen molar-refractivity contribution in [1.82, 2.24) is 9.80 Å². The summed E-state index contributed by atoms with van der Waals surface area (Å²) >= 11 is 0. The zero-order chi connectivity index (χ0) is 17.3. The number of carbonyl (C=O) groups is 2. The molecular weight excluding hydrogens is 328 g/mol. The molecule has 0 bridgehead atoms. The first-order chi connectivity index (χ1) is 11.4. The lowest BCUT2D eigenvalue weighted by molar-refractivity contribution is 0.0587. The van der Waals surface area contributed by atoms with Crippen LogP contribution in [0.4, 0.5) is 0 Å². The summed E-state index contributed by atoms with van der Waals surface area (Å²) in [6.07, 6.45) is 0.697. The smallest absolute Gasteiger partial charge is 0.253 e. The average molecular weight is 350 g/mol. The molecule has 130 valence electrons. The normalized spacial score (nSPS) is 24.0. The molecule has 0 spiro atoms. The molecule has 6 nitrogen and oxygen atoms in total. The summed E-state index contributed by atoms with van der Waals surface area (Å²) in [5, 5.41) is 0. The molecule has 0 saturated carbocycles. The van der Waals surface area contributed by atoms with Crippen LogP contribution in [-0.2, 0) is 9.84 Å². The Morgan fingerprint density at radius 2 is 1.58 bits per heavy atom. The van der Waals surface area contributed by atoms with Crippen molar-refractivity contribution in [2.24, 2.45) is 0 Å². The fraction of sp³-hybridized carbons (Fsp3) is 0.529. The molecule has 0 aromatic heterocycles. The predicted octanol–water partition coefficient (Wildman–Crippen LogP) is 0.834. The summed E-state index contributed by atoms with van der Waals surface area (Å²) in [6, 6.07) is 6.83. The lowest BCUT2D eigenvalue weighted by Gasteiger charge is -2.37. The van der Waals surface area contributed by atoms with Gasteiger partial charge in [0.1, 0.15) is 0 Å². The summed E-state index contributed by atoms with van der Waals surface area (Å²) in [6.45, 7) is 4.11. The summed E-state index contributed by atoms with van der Waals surface area (Å²) in [7, 11) is -2.88. The summed E-state index contributed by atoms with van der Waals surface area (Å²) in [5.74, 6) is 0.463. The van der Waals surface area contributed by atoms with E-state index in [1.165, 1.54) is 6.92 Å². The third-order valence-electron chi connectivity index (χ3n) is 4.86. The second-order valence-electron chi connectivity index (χ2n) is 6.52. The Kier molecular flexibility index (Phi) is 4.73. The van der Waals surface area contributed by atoms with E-state index in [2.05, 4.69) is 4.90 Å². The standard InChI is InChI=1S/C17H22N2O4S/c1-13(20)14-2-4-15(5-3-14)17(21)19-9-7-18(8-10-19)16-6-11-24(22,23)12-16/h2-5,16H,6-12H2,1H3. The van der Waals surface area contributed by atoms with Gasteiger partial charge in [0.25, 0.3) is 5.91 Å². The van der Waals surface area contributed by atoms with E-state index in [4.69, 9.17) is 0 Å². The van der Waals surface area contributed by atoms with Crippen LogP contribution < -0.4 is 0 Å². The van der Waals surface area contributed by atoms with Gasteiger partial charge in [-0.2, -0.15) is 0 Å². The molecule has 0 radical (unpaired) electrons. The lowest BCUT2D eigenvalue weighted by Crippen LogP contribution is -2.52. The number of sulfone groups is 1. The van der Waals surface area contributed by atoms with Crippen molar-refractivity contribution in [3.8, 4) is 0 Å². The van der Waals surface area contributed by atoms with Crippen molar-refractivity contribution in [3.63, 3.8) is 0 Å². The van der Waals surface area contributed by atoms with Gasteiger partial charge in [0.15, 0.2) is 15.6 Å². The largest absolute Gasteiger partial charge is 0.336 e. The molecule has 1 unspecified atom stereocenters. The van der Waals surface area contributed by atoms with Gasteiger partial charge in [-0.3, -0.25) is 14.5 Å². The van der Waals surface area contributed by atoms with Crippen LogP contribution >= 0.6 is 0 Å². The van der Waals surface area contributed by atoms with Crippen molar-refractivity contribution < 1.29 is 18.0 Å². The van der Waals surface area contributed by atoms with Crippen molar-refractivity contribution in [1.29, 1.82) is 0 Å². The molecule has 3 rings (SSSR count). The number of hydrogen-bond donors (Lipinski definition) is 0. The second-order valence-corrected chi connectivity index (χ2v) is 8.75. The topological polar surface area (TPSA) is 74.8 Å². The zero-order valence-electron chi connectivity index (χ0n) is 13.8. The monoisotopic (exact) mass is 350 g/mol. The molecule has 2 aliphatic rings. The molecular formula is C17H22N2O4S. The molecule has 0 N–H and O–H groups in total. The van der Waals surface area contributed by atoms with Gasteiger partial charge in [-0.25, -0.2) is 8.42 Å². The second kappa shape index (κ2) is 6.64. The Bertz CT molecular complexity index is 734. The van der Waals surface area contributed by atoms with Gasteiger partial charge in [0.05, 0.1) is 11.5 Å². The molecule has 7 heteroatoms. The molecule has 2 aliphatic heterocycles. The summed E-state index contributed by atoms with van der Waals surface area (Å²) in [5.41, 5.74) is 1.18. The van der Waals surface area contributed by atoms with E-state index in [0.29, 0.717) is 43.7 Å². The van der Waals surface area contributed by atoms with Gasteiger partial charge in [0.2, 0.25) is 0 Å². The van der Waals surface area contributed by atoms with E-state index in [1.807, 2.05) is 0 Å². The highest BCUT2D eigenvalue weighted by Crippen LogP contribution is 2.20. The number of ketones is 1. The first-order valence-electron chi connectivity index (χ1n) is 8.20. The van der Waals surface area contributed by atoms with Crippen molar-refractivity contribution in [2.45, 2.75) is 19.4 Å². The Hall–Kier alpha value is -1.73. The maximum absolute atomic E-state index is 12.5. The fourth-order valence-corrected chi connectivity index (χ4v) is 5.15. The van der Waals surface area contributed by atoms with Crippen LogP contribution in [0.1, 0.15) is 34.1 Å². The SMILES string of the molecule is CC(=O)c1ccc(C(=O)N2CCN(C3CCS(=O)(=O)C3)CC2)cc1. The summed E-state index contributed by atoms with van der Waals surface area (Å²) in [4.78, 5) is 27.8. The molecule has 24 heavy (non-hydrogen) atoms. The maximum Gasteiger partial charge on any atom is 0.253 e.